The molecule has 2 aromatic heterocycles. The van der Waals surface area contributed by atoms with Crippen LogP contribution in [0, 0.1) is 20.8 Å². The molecule has 0 saturated carbocycles. The van der Waals surface area contributed by atoms with Crippen LogP contribution in [0.15, 0.2) is 65.8 Å². The number of amides is 1. The Bertz CT molecular complexity index is 1290. The molecule has 1 amide bonds. The maximum Gasteiger partial charge on any atom is 0.260 e. The summed E-state index contributed by atoms with van der Waals surface area (Å²) < 4.78 is 0. The van der Waals surface area contributed by atoms with Crippen molar-refractivity contribution in [1.29, 1.82) is 0 Å². The number of nitrogens with one attached hydrogen (secondary N) is 1. The number of hydrogen-bond donors (Lipinski definition) is 2. The highest BCUT2D eigenvalue weighted by Gasteiger charge is 2.21. The van der Waals surface area contributed by atoms with E-state index in [4.69, 9.17) is 5.73 Å². The summed E-state index contributed by atoms with van der Waals surface area (Å²) in [7, 11) is 0. The molecule has 2 heterocycles. The Morgan fingerprint density at radius 1 is 1.03 bits per heavy atom. The van der Waals surface area contributed by atoms with E-state index in [-0.39, 0.29) is 17.8 Å². The number of aliphatic imine (C=N–C) groups is 1. The lowest BCUT2D eigenvalue weighted by atomic mass is 10.1. The third-order valence-electron chi connectivity index (χ3n) is 5.36. The van der Waals surface area contributed by atoms with E-state index >= 15 is 0 Å². The van der Waals surface area contributed by atoms with Crippen LogP contribution in [0.5, 0.6) is 0 Å². The number of aryl methyl sites for hydroxylation is 3. The quantitative estimate of drug-likeness (QED) is 0.369. The molecule has 0 aliphatic carbocycles. The van der Waals surface area contributed by atoms with Gasteiger partial charge in [-0.2, -0.15) is 4.99 Å². The van der Waals surface area contributed by atoms with Crippen molar-refractivity contribution in [2.24, 2.45) is 10.7 Å². The number of carbonyl (C=O) groups is 1. The van der Waals surface area contributed by atoms with Crippen LogP contribution in [0.2, 0.25) is 0 Å². The molecule has 0 bridgehead atoms. The molecule has 7 heteroatoms. The van der Waals surface area contributed by atoms with Crippen molar-refractivity contribution in [1.82, 2.24) is 19.9 Å². The molecule has 0 aliphatic heterocycles. The fraction of sp³-hybridized carbons (Fsp3) is 0.200. The lowest BCUT2D eigenvalue weighted by molar-refractivity contribution is 0.0846. The van der Waals surface area contributed by atoms with Crippen LogP contribution in [-0.2, 0) is 6.42 Å². The summed E-state index contributed by atoms with van der Waals surface area (Å²) in [6.45, 7) is 6.02. The minimum absolute atomic E-state index is 0.0723. The number of para-hydroxylation sites is 1. The second-order valence-electron chi connectivity index (χ2n) is 7.80. The molecule has 7 nitrogen and oxygen atoms in total. The van der Waals surface area contributed by atoms with Crippen molar-refractivity contribution in [2.45, 2.75) is 27.2 Å². The molecule has 2 aromatic carbocycles. The van der Waals surface area contributed by atoms with Gasteiger partial charge in [-0.25, -0.2) is 9.97 Å². The lowest BCUT2D eigenvalue weighted by Crippen LogP contribution is -2.43. The Labute approximate surface area is 187 Å². The number of nitrogens with zero attached hydrogens (tertiary/aromatic N) is 4. The molecule has 0 radical (unpaired) electrons. The molecule has 162 valence electrons. The van der Waals surface area contributed by atoms with Gasteiger partial charge in [0.05, 0.1) is 0 Å². The number of H-pyrrole nitrogens is 1. The van der Waals surface area contributed by atoms with Crippen molar-refractivity contribution in [2.75, 3.05) is 6.54 Å². The second kappa shape index (κ2) is 9.01. The van der Waals surface area contributed by atoms with E-state index in [1.807, 2.05) is 69.4 Å². The zero-order valence-corrected chi connectivity index (χ0v) is 18.5. The molecular weight excluding hydrogens is 400 g/mol. The molecule has 32 heavy (non-hydrogen) atoms. The number of benzene rings is 2. The maximum absolute atomic E-state index is 13.5. The highest BCUT2D eigenvalue weighted by molar-refractivity contribution is 6.06. The zero-order chi connectivity index (χ0) is 22.7. The molecule has 4 rings (SSSR count). The summed E-state index contributed by atoms with van der Waals surface area (Å²) in [6, 6.07) is 17.4. The largest absolute Gasteiger partial charge is 0.369 e. The molecule has 3 N–H and O–H groups in total. The van der Waals surface area contributed by atoms with E-state index in [2.05, 4.69) is 26.0 Å². The summed E-state index contributed by atoms with van der Waals surface area (Å²) in [6.07, 6.45) is 2.59. The second-order valence-corrected chi connectivity index (χ2v) is 7.80. The van der Waals surface area contributed by atoms with Gasteiger partial charge in [-0.1, -0.05) is 36.4 Å². The maximum atomic E-state index is 13.5. The van der Waals surface area contributed by atoms with Crippen molar-refractivity contribution < 1.29 is 4.79 Å². The van der Waals surface area contributed by atoms with Crippen LogP contribution in [-0.4, -0.2) is 38.3 Å². The van der Waals surface area contributed by atoms with Crippen LogP contribution in [0.1, 0.15) is 32.9 Å². The Morgan fingerprint density at radius 3 is 2.47 bits per heavy atom. The predicted octanol–water partition coefficient (Wildman–Crippen LogP) is 4.21. The number of guanidine groups is 1. The summed E-state index contributed by atoms with van der Waals surface area (Å²) in [5.41, 5.74) is 11.6. The van der Waals surface area contributed by atoms with Crippen LogP contribution in [0.4, 0.5) is 5.95 Å². The Hall–Kier alpha value is -4.00. The van der Waals surface area contributed by atoms with Crippen molar-refractivity contribution in [3.63, 3.8) is 0 Å². The van der Waals surface area contributed by atoms with Gasteiger partial charge >= 0.3 is 0 Å². The van der Waals surface area contributed by atoms with E-state index in [0.29, 0.717) is 18.5 Å². The third kappa shape index (κ3) is 4.51. The molecule has 4 aromatic rings. The fourth-order valence-electron chi connectivity index (χ4n) is 3.77. The minimum atomic E-state index is -0.200. The number of nitrogens with two attached hydrogens (primary N) is 1. The van der Waals surface area contributed by atoms with E-state index in [9.17, 15) is 4.79 Å². The van der Waals surface area contributed by atoms with Crippen LogP contribution < -0.4 is 5.73 Å². The van der Waals surface area contributed by atoms with Gasteiger partial charge in [0.2, 0.25) is 5.96 Å². The Morgan fingerprint density at radius 2 is 1.72 bits per heavy atom. The standard InChI is InChI=1S/C25H26N6O/c1-16-8-4-5-9-20(16)23(32)31(24(26)30-25-28-17(2)14-18(3)29-25)13-12-19-15-27-22-11-7-6-10-21(19)22/h4-11,14-15,27H,12-13H2,1-3H3,(H2,26,28,29,30). The first-order chi connectivity index (χ1) is 15.4. The third-order valence-corrected chi connectivity index (χ3v) is 5.36. The van der Waals surface area contributed by atoms with Gasteiger partial charge in [-0.05, 0) is 56.5 Å². The van der Waals surface area contributed by atoms with Crippen molar-refractivity contribution in [3.8, 4) is 0 Å². The van der Waals surface area contributed by atoms with E-state index in [1.54, 1.807) is 6.07 Å². The van der Waals surface area contributed by atoms with Gasteiger partial charge in [0.15, 0.2) is 0 Å². The van der Waals surface area contributed by atoms with E-state index in [0.717, 1.165) is 33.4 Å². The summed E-state index contributed by atoms with van der Waals surface area (Å²) in [5.74, 6) is 0.117. The number of fused-ring (bicyclic) bond motifs is 1. The van der Waals surface area contributed by atoms with Crippen LogP contribution >= 0.6 is 0 Å². The molecular formula is C25H26N6O. The first kappa shape index (κ1) is 21.2. The number of rotatable bonds is 5. The van der Waals surface area contributed by atoms with Gasteiger partial charge in [0.25, 0.3) is 11.9 Å². The molecule has 0 fully saturated rings. The summed E-state index contributed by atoms with van der Waals surface area (Å²) >= 11 is 0. The molecule has 0 aliphatic rings. The van der Waals surface area contributed by atoms with Crippen LogP contribution in [0.25, 0.3) is 10.9 Å². The average Bonchev–Trinajstić information content (AvgIpc) is 3.16. The zero-order valence-electron chi connectivity index (χ0n) is 18.5. The molecule has 0 unspecified atom stereocenters. The molecule has 0 spiro atoms. The van der Waals surface area contributed by atoms with Crippen molar-refractivity contribution in [3.05, 3.63) is 88.9 Å². The number of aromatic amines is 1. The van der Waals surface area contributed by atoms with E-state index < -0.39 is 0 Å². The highest BCUT2D eigenvalue weighted by atomic mass is 16.2. The minimum Gasteiger partial charge on any atom is -0.369 e. The summed E-state index contributed by atoms with van der Waals surface area (Å²) in [4.78, 5) is 31.3. The number of carbonyl (C=O) groups excluding carboxylic acids is 1. The average molecular weight is 427 g/mol. The van der Waals surface area contributed by atoms with Gasteiger partial charge in [0, 0.05) is 40.6 Å². The Balaban J connectivity index is 1.68. The van der Waals surface area contributed by atoms with Gasteiger partial charge in [0.1, 0.15) is 0 Å². The van der Waals surface area contributed by atoms with Gasteiger partial charge < -0.3 is 10.7 Å². The molecule has 0 atom stereocenters. The van der Waals surface area contributed by atoms with Gasteiger partial charge in [-0.15, -0.1) is 0 Å². The smallest absolute Gasteiger partial charge is 0.260 e. The SMILES string of the molecule is Cc1cc(C)nc(N=C(N)N(CCc2c[nH]c3ccccc23)C(=O)c2ccccc2C)n1. The lowest BCUT2D eigenvalue weighted by Gasteiger charge is -2.22. The molecule has 0 saturated heterocycles. The first-order valence-electron chi connectivity index (χ1n) is 10.5. The fourth-order valence-corrected chi connectivity index (χ4v) is 3.77. The summed E-state index contributed by atoms with van der Waals surface area (Å²) in [5, 5.41) is 1.13. The number of hydrogen-bond acceptors (Lipinski definition) is 4. The first-order valence-corrected chi connectivity index (χ1v) is 10.5. The highest BCUT2D eigenvalue weighted by Crippen LogP contribution is 2.19. The number of aromatic nitrogens is 3. The van der Waals surface area contributed by atoms with E-state index in [1.165, 1.54) is 4.90 Å². The Kier molecular flexibility index (Phi) is 5.98. The normalized spacial score (nSPS) is 11.7. The predicted molar refractivity (Wildman–Crippen MR) is 127 cm³/mol. The topological polar surface area (TPSA) is 100 Å². The van der Waals surface area contributed by atoms with Crippen molar-refractivity contribution >= 4 is 28.7 Å². The monoisotopic (exact) mass is 426 g/mol. The van der Waals surface area contributed by atoms with Gasteiger partial charge in [-0.3, -0.25) is 9.69 Å². The van der Waals surface area contributed by atoms with Crippen LogP contribution in [0.3, 0.4) is 0 Å².